The van der Waals surface area contributed by atoms with Crippen molar-refractivity contribution in [2.45, 2.75) is 12.2 Å². The third-order valence-corrected chi connectivity index (χ3v) is 6.10. The van der Waals surface area contributed by atoms with E-state index >= 15 is 0 Å². The lowest BCUT2D eigenvalue weighted by molar-refractivity contribution is -0.142. The normalized spacial score (nSPS) is 12.2. The van der Waals surface area contributed by atoms with Gasteiger partial charge >= 0.3 is 17.9 Å². The molecular formula is C32H28O11. The van der Waals surface area contributed by atoms with Crippen molar-refractivity contribution in [3.8, 4) is 28.2 Å². The minimum atomic E-state index is -1.25. The molecule has 0 fully saturated rings. The molecule has 1 heterocycles. The number of hydrogen-bond acceptors (Lipinski definition) is 11. The van der Waals surface area contributed by atoms with E-state index in [0.29, 0.717) is 33.4 Å². The summed E-state index contributed by atoms with van der Waals surface area (Å²) < 4.78 is 26.6. The number of fused-ring (bicyclic) bond motifs is 2. The van der Waals surface area contributed by atoms with E-state index in [-0.39, 0.29) is 36.6 Å². The summed E-state index contributed by atoms with van der Waals surface area (Å²) in [5.41, 5.74) is 1.81. The number of aliphatic hydroxyl groups is 2. The van der Waals surface area contributed by atoms with Crippen LogP contribution in [0.1, 0.15) is 10.4 Å². The molecule has 11 nitrogen and oxygen atoms in total. The van der Waals surface area contributed by atoms with Gasteiger partial charge in [0.2, 0.25) is 0 Å². The Morgan fingerprint density at radius 3 is 2.14 bits per heavy atom. The van der Waals surface area contributed by atoms with E-state index < -0.39 is 36.7 Å². The summed E-state index contributed by atoms with van der Waals surface area (Å²) in [6, 6.07) is 15.9. The summed E-state index contributed by atoms with van der Waals surface area (Å²) in [5, 5.41) is 20.7. The van der Waals surface area contributed by atoms with E-state index in [1.54, 1.807) is 48.5 Å². The predicted molar refractivity (Wildman–Crippen MR) is 155 cm³/mol. The number of carbonyl (C=O) groups excluding carboxylic acids is 3. The zero-order valence-corrected chi connectivity index (χ0v) is 22.9. The van der Waals surface area contributed by atoms with Crippen LogP contribution in [0, 0.1) is 0 Å². The summed E-state index contributed by atoms with van der Waals surface area (Å²) in [6.07, 6.45) is -0.414. The standard InChI is InChI=1S/C32H28O11/c1-3-29(36)40-16-20(34)15-39-22-10-12-26-28(14-22)43-27-13-19(33)9-11-25(27)31(26)23-7-5-6-8-24(23)32(38)42-18-21(35)17-41-30(37)4-2/h3-14,20-21,34-35H,1-2,15-18H2. The molecule has 0 saturated heterocycles. The molecule has 2 aromatic carbocycles. The van der Waals surface area contributed by atoms with Gasteiger partial charge < -0.3 is 33.6 Å². The average Bonchev–Trinajstić information content (AvgIpc) is 3.02. The molecule has 1 aliphatic heterocycles. The second-order valence-electron chi connectivity index (χ2n) is 9.22. The Morgan fingerprint density at radius 2 is 1.44 bits per heavy atom. The number of ether oxygens (including phenoxy) is 4. The fourth-order valence-corrected chi connectivity index (χ4v) is 4.12. The van der Waals surface area contributed by atoms with Gasteiger partial charge in [0, 0.05) is 40.8 Å². The van der Waals surface area contributed by atoms with Crippen molar-refractivity contribution >= 4 is 28.9 Å². The molecule has 0 radical (unpaired) electrons. The summed E-state index contributed by atoms with van der Waals surface area (Å²) in [6.45, 7) is 5.29. The maximum absolute atomic E-state index is 13.2. The van der Waals surface area contributed by atoms with E-state index in [1.165, 1.54) is 12.1 Å². The summed E-state index contributed by atoms with van der Waals surface area (Å²) in [7, 11) is 0. The van der Waals surface area contributed by atoms with Crippen LogP contribution in [0.2, 0.25) is 0 Å². The molecule has 0 aromatic heterocycles. The lowest BCUT2D eigenvalue weighted by atomic mass is 9.91. The molecule has 222 valence electrons. The van der Waals surface area contributed by atoms with Gasteiger partial charge in [0.1, 0.15) is 55.7 Å². The second kappa shape index (κ2) is 14.1. The highest BCUT2D eigenvalue weighted by atomic mass is 16.6. The number of rotatable bonds is 13. The number of aliphatic hydroxyl groups excluding tert-OH is 2. The zero-order valence-electron chi connectivity index (χ0n) is 22.9. The van der Waals surface area contributed by atoms with Crippen LogP contribution in [0.4, 0.5) is 0 Å². The van der Waals surface area contributed by atoms with Crippen molar-refractivity contribution in [3.05, 3.63) is 102 Å². The first kappa shape index (κ1) is 30.7. The second-order valence-corrected chi connectivity index (χ2v) is 9.22. The highest BCUT2D eigenvalue weighted by Crippen LogP contribution is 2.42. The highest BCUT2D eigenvalue weighted by Gasteiger charge is 2.23. The largest absolute Gasteiger partial charge is 0.491 e. The fraction of sp³-hybridized carbons (Fsp3) is 0.188. The first-order valence-electron chi connectivity index (χ1n) is 13.0. The van der Waals surface area contributed by atoms with Gasteiger partial charge in [-0.15, -0.1) is 0 Å². The minimum Gasteiger partial charge on any atom is -0.491 e. The third kappa shape index (κ3) is 7.73. The molecule has 0 bridgehead atoms. The van der Waals surface area contributed by atoms with Crippen LogP contribution >= 0.6 is 0 Å². The molecular weight excluding hydrogens is 560 g/mol. The van der Waals surface area contributed by atoms with Crippen LogP contribution in [0.15, 0.2) is 95.2 Å². The predicted octanol–water partition coefficient (Wildman–Crippen LogP) is 3.28. The Balaban J connectivity index is 1.66. The van der Waals surface area contributed by atoms with E-state index in [1.807, 2.05) is 0 Å². The zero-order chi connectivity index (χ0) is 30.9. The van der Waals surface area contributed by atoms with E-state index in [0.717, 1.165) is 12.2 Å². The van der Waals surface area contributed by atoms with Crippen molar-refractivity contribution in [3.63, 3.8) is 0 Å². The molecule has 1 aliphatic carbocycles. The summed E-state index contributed by atoms with van der Waals surface area (Å²) in [5.74, 6) is -1.55. The van der Waals surface area contributed by atoms with Crippen LogP contribution in [-0.4, -0.2) is 66.8 Å². The van der Waals surface area contributed by atoms with Crippen molar-refractivity contribution in [2.75, 3.05) is 26.4 Å². The Morgan fingerprint density at radius 1 is 0.791 bits per heavy atom. The Hall–Kier alpha value is -5.26. The number of carbonyl (C=O) groups is 3. The lowest BCUT2D eigenvalue weighted by Crippen LogP contribution is -2.25. The minimum absolute atomic E-state index is 0.176. The topological polar surface area (TPSA) is 159 Å². The maximum atomic E-state index is 13.2. The van der Waals surface area contributed by atoms with Crippen molar-refractivity contribution < 1.29 is 48.0 Å². The SMILES string of the molecule is C=CC(=O)OCC(O)COC(=O)c1ccccc1-c1c2ccc(=O)cc-2oc2cc(OCC(O)COC(=O)C=C)ccc12. The third-order valence-electron chi connectivity index (χ3n) is 6.10. The van der Waals surface area contributed by atoms with Gasteiger partial charge in [-0.25, -0.2) is 14.4 Å². The van der Waals surface area contributed by atoms with Gasteiger partial charge in [-0.2, -0.15) is 0 Å². The smallest absolute Gasteiger partial charge is 0.338 e. The van der Waals surface area contributed by atoms with Gasteiger partial charge in [0.25, 0.3) is 0 Å². The van der Waals surface area contributed by atoms with Gasteiger partial charge in [-0.1, -0.05) is 31.4 Å². The Bertz CT molecular complexity index is 1690. The molecule has 2 unspecified atom stereocenters. The molecule has 0 spiro atoms. The molecule has 2 atom stereocenters. The van der Waals surface area contributed by atoms with Gasteiger partial charge in [-0.3, -0.25) is 4.79 Å². The van der Waals surface area contributed by atoms with E-state index in [4.69, 9.17) is 23.4 Å². The summed E-state index contributed by atoms with van der Waals surface area (Å²) >= 11 is 0. The molecule has 0 amide bonds. The van der Waals surface area contributed by atoms with Crippen LogP contribution in [0.3, 0.4) is 0 Å². The fourth-order valence-electron chi connectivity index (χ4n) is 4.12. The van der Waals surface area contributed by atoms with Crippen LogP contribution < -0.4 is 10.2 Å². The molecule has 0 saturated carbocycles. The van der Waals surface area contributed by atoms with Crippen LogP contribution in [0.25, 0.3) is 33.4 Å². The Kier molecular flexibility index (Phi) is 10.0. The lowest BCUT2D eigenvalue weighted by Gasteiger charge is -2.18. The van der Waals surface area contributed by atoms with Crippen molar-refractivity contribution in [1.29, 1.82) is 0 Å². The molecule has 2 N–H and O–H groups in total. The maximum Gasteiger partial charge on any atom is 0.338 e. The molecule has 2 aliphatic rings. The van der Waals surface area contributed by atoms with Crippen molar-refractivity contribution in [2.24, 2.45) is 0 Å². The number of benzene rings is 3. The molecule has 43 heavy (non-hydrogen) atoms. The molecule has 4 rings (SSSR count). The molecule has 11 heteroatoms. The van der Waals surface area contributed by atoms with Crippen LogP contribution in [0.5, 0.6) is 5.75 Å². The number of esters is 3. The first-order chi connectivity index (χ1) is 20.7. The monoisotopic (exact) mass is 588 g/mol. The Labute approximate surface area is 245 Å². The van der Waals surface area contributed by atoms with E-state index in [9.17, 15) is 29.4 Å². The van der Waals surface area contributed by atoms with Gasteiger partial charge in [-0.05, 0) is 35.9 Å². The van der Waals surface area contributed by atoms with Crippen molar-refractivity contribution in [1.82, 2.24) is 0 Å². The van der Waals surface area contributed by atoms with Gasteiger partial charge in [0.15, 0.2) is 5.43 Å². The highest BCUT2D eigenvalue weighted by molar-refractivity contribution is 6.07. The number of hydrogen-bond donors (Lipinski definition) is 2. The van der Waals surface area contributed by atoms with Crippen LogP contribution in [-0.2, 0) is 23.8 Å². The quantitative estimate of drug-likeness (QED) is 0.102. The van der Waals surface area contributed by atoms with E-state index in [2.05, 4.69) is 13.2 Å². The average molecular weight is 589 g/mol. The first-order valence-corrected chi connectivity index (χ1v) is 13.0. The van der Waals surface area contributed by atoms with Gasteiger partial charge in [0.05, 0.1) is 5.56 Å². The molecule has 2 aromatic rings. The summed E-state index contributed by atoms with van der Waals surface area (Å²) in [4.78, 5) is 47.8.